The van der Waals surface area contributed by atoms with E-state index in [2.05, 4.69) is 10.8 Å². The molecule has 0 heterocycles. The van der Waals surface area contributed by atoms with Gasteiger partial charge in [-0.1, -0.05) is 20.8 Å². The monoisotopic (exact) mass is 246 g/mol. The largest absolute Gasteiger partial charge is 0.382 e. The second-order valence-corrected chi connectivity index (χ2v) is 4.62. The minimum absolute atomic E-state index is 0.0781. The number of amides is 2. The van der Waals surface area contributed by atoms with Crippen LogP contribution in [-0.4, -0.2) is 38.7 Å². The Morgan fingerprint density at radius 3 is 2.35 bits per heavy atom. The molecule has 17 heavy (non-hydrogen) atoms. The fourth-order valence-corrected chi connectivity index (χ4v) is 0.862. The molecule has 6 heteroatoms. The highest BCUT2D eigenvalue weighted by Crippen LogP contribution is 2.11. The molecule has 0 aromatic rings. The summed E-state index contributed by atoms with van der Waals surface area (Å²) in [4.78, 5) is 27.5. The summed E-state index contributed by atoms with van der Waals surface area (Å²) in [6, 6.07) is 0. The van der Waals surface area contributed by atoms with Gasteiger partial charge in [-0.05, 0) is 0 Å². The maximum Gasteiger partial charge on any atom is 0.245 e. The fraction of sp³-hybridized carbons (Fsp3) is 0.818. The minimum atomic E-state index is -0.439. The molecule has 2 amide bonds. The number of carbonyl (C=O) groups is 2. The number of hydrogen-bond acceptors (Lipinski definition) is 4. The van der Waals surface area contributed by atoms with Gasteiger partial charge >= 0.3 is 0 Å². The second-order valence-electron chi connectivity index (χ2n) is 4.62. The Bertz CT molecular complexity index is 248. The topological polar surface area (TPSA) is 76.7 Å². The summed E-state index contributed by atoms with van der Waals surface area (Å²) in [5.74, 6) is -0.346. The third-order valence-electron chi connectivity index (χ3n) is 1.89. The lowest BCUT2D eigenvalue weighted by atomic mass is 9.96. The molecule has 0 saturated heterocycles. The summed E-state index contributed by atoms with van der Waals surface area (Å²) < 4.78 is 4.74. The maximum atomic E-state index is 11.5. The zero-order chi connectivity index (χ0) is 13.3. The molecule has 0 fully saturated rings. The Balaban J connectivity index is 3.55. The number of ether oxygens (including phenoxy) is 1. The molecule has 0 aromatic heterocycles. The zero-order valence-electron chi connectivity index (χ0n) is 11.0. The number of methoxy groups -OCH3 is 1. The van der Waals surface area contributed by atoms with Crippen molar-refractivity contribution in [1.82, 2.24) is 10.8 Å². The Labute approximate surface area is 102 Å². The highest BCUT2D eigenvalue weighted by molar-refractivity contribution is 5.82. The molecule has 0 bridgehead atoms. The first kappa shape index (κ1) is 15.9. The van der Waals surface area contributed by atoms with Crippen molar-refractivity contribution in [3.63, 3.8) is 0 Å². The maximum absolute atomic E-state index is 11.5. The molecule has 0 aliphatic heterocycles. The fourth-order valence-electron chi connectivity index (χ4n) is 0.862. The van der Waals surface area contributed by atoms with Crippen molar-refractivity contribution >= 4 is 11.8 Å². The van der Waals surface area contributed by atoms with Gasteiger partial charge < -0.3 is 10.1 Å². The molecular weight excluding hydrogens is 224 g/mol. The molecule has 0 saturated carbocycles. The van der Waals surface area contributed by atoms with E-state index in [1.807, 2.05) is 20.8 Å². The molecule has 0 spiro atoms. The van der Waals surface area contributed by atoms with Crippen molar-refractivity contribution in [3.8, 4) is 0 Å². The van der Waals surface area contributed by atoms with E-state index >= 15 is 0 Å². The van der Waals surface area contributed by atoms with Crippen molar-refractivity contribution in [2.24, 2.45) is 5.41 Å². The van der Waals surface area contributed by atoms with Crippen LogP contribution in [0.5, 0.6) is 0 Å². The third-order valence-corrected chi connectivity index (χ3v) is 1.89. The van der Waals surface area contributed by atoms with Gasteiger partial charge in [-0.2, -0.15) is 0 Å². The standard InChI is InChI=1S/C11H22N2O4/c1-11(2,3)10(15)12-6-5-9(14)13-17-8-7-16-4/h5-8H2,1-4H3,(H,12,15)(H,13,14). The summed E-state index contributed by atoms with van der Waals surface area (Å²) in [6.45, 7) is 6.47. The molecule has 0 aliphatic rings. The first-order chi connectivity index (χ1) is 7.88. The summed E-state index contributed by atoms with van der Waals surface area (Å²) in [7, 11) is 1.55. The molecule has 100 valence electrons. The lowest BCUT2D eigenvalue weighted by Gasteiger charge is -2.17. The molecule has 0 radical (unpaired) electrons. The lowest BCUT2D eigenvalue weighted by Crippen LogP contribution is -2.37. The smallest absolute Gasteiger partial charge is 0.245 e. The van der Waals surface area contributed by atoms with Crippen molar-refractivity contribution in [2.75, 3.05) is 26.9 Å². The number of carbonyl (C=O) groups excluding carboxylic acids is 2. The van der Waals surface area contributed by atoms with Gasteiger partial charge in [0, 0.05) is 25.5 Å². The Hall–Kier alpha value is -1.14. The van der Waals surface area contributed by atoms with Crippen LogP contribution >= 0.6 is 0 Å². The van der Waals surface area contributed by atoms with Gasteiger partial charge in [0.2, 0.25) is 11.8 Å². The van der Waals surface area contributed by atoms with E-state index in [-0.39, 0.29) is 18.2 Å². The molecule has 0 atom stereocenters. The first-order valence-electron chi connectivity index (χ1n) is 5.56. The van der Waals surface area contributed by atoms with E-state index in [1.54, 1.807) is 7.11 Å². The van der Waals surface area contributed by atoms with Crippen molar-refractivity contribution in [1.29, 1.82) is 0 Å². The van der Waals surface area contributed by atoms with E-state index in [0.29, 0.717) is 19.8 Å². The molecule has 0 rings (SSSR count). The summed E-state index contributed by atoms with van der Waals surface area (Å²) >= 11 is 0. The highest BCUT2D eigenvalue weighted by atomic mass is 16.7. The number of hydrogen-bond donors (Lipinski definition) is 2. The zero-order valence-corrected chi connectivity index (χ0v) is 11.0. The van der Waals surface area contributed by atoms with Crippen LogP contribution in [0.4, 0.5) is 0 Å². The van der Waals surface area contributed by atoms with E-state index in [9.17, 15) is 9.59 Å². The molecule has 0 unspecified atom stereocenters. The Morgan fingerprint density at radius 1 is 1.18 bits per heavy atom. The number of nitrogens with one attached hydrogen (secondary N) is 2. The highest BCUT2D eigenvalue weighted by Gasteiger charge is 2.20. The van der Waals surface area contributed by atoms with Gasteiger partial charge in [0.1, 0.15) is 0 Å². The first-order valence-corrected chi connectivity index (χ1v) is 5.56. The second kappa shape index (κ2) is 8.03. The summed E-state index contributed by atoms with van der Waals surface area (Å²) in [6.07, 6.45) is 0.189. The molecule has 0 aromatic carbocycles. The molecule has 0 aliphatic carbocycles. The average molecular weight is 246 g/mol. The third kappa shape index (κ3) is 8.65. The van der Waals surface area contributed by atoms with Gasteiger partial charge in [-0.25, -0.2) is 5.48 Å². The van der Waals surface area contributed by atoms with Crippen LogP contribution in [0.3, 0.4) is 0 Å². The van der Waals surface area contributed by atoms with Crippen LogP contribution in [0.1, 0.15) is 27.2 Å². The van der Waals surface area contributed by atoms with Crippen LogP contribution in [0.15, 0.2) is 0 Å². The SMILES string of the molecule is COCCONC(=O)CCNC(=O)C(C)(C)C. The number of hydroxylamine groups is 1. The van der Waals surface area contributed by atoms with Crippen molar-refractivity contribution < 1.29 is 19.2 Å². The Kier molecular flexibility index (Phi) is 7.49. The molecule has 2 N–H and O–H groups in total. The van der Waals surface area contributed by atoms with Crippen LogP contribution in [0, 0.1) is 5.41 Å². The average Bonchev–Trinajstić information content (AvgIpc) is 2.23. The van der Waals surface area contributed by atoms with Gasteiger partial charge in [0.05, 0.1) is 13.2 Å². The van der Waals surface area contributed by atoms with Gasteiger partial charge in [-0.15, -0.1) is 0 Å². The summed E-state index contributed by atoms with van der Waals surface area (Å²) in [5.41, 5.74) is 1.82. The predicted molar refractivity (Wildman–Crippen MR) is 63.1 cm³/mol. The normalized spacial score (nSPS) is 11.1. The van der Waals surface area contributed by atoms with Crippen LogP contribution in [0.2, 0.25) is 0 Å². The van der Waals surface area contributed by atoms with Gasteiger partial charge in [0.15, 0.2) is 0 Å². The number of rotatable bonds is 7. The lowest BCUT2D eigenvalue weighted by molar-refractivity contribution is -0.134. The van der Waals surface area contributed by atoms with Crippen molar-refractivity contribution in [2.45, 2.75) is 27.2 Å². The van der Waals surface area contributed by atoms with Crippen molar-refractivity contribution in [3.05, 3.63) is 0 Å². The van der Waals surface area contributed by atoms with Gasteiger partial charge in [-0.3, -0.25) is 14.4 Å². The predicted octanol–water partition coefficient (Wildman–Crippen LogP) is 0.233. The van der Waals surface area contributed by atoms with E-state index in [1.165, 1.54) is 0 Å². The Morgan fingerprint density at radius 2 is 1.82 bits per heavy atom. The van der Waals surface area contributed by atoms with Crippen LogP contribution in [-0.2, 0) is 19.2 Å². The quantitative estimate of drug-likeness (QED) is 0.498. The summed E-state index contributed by atoms with van der Waals surface area (Å²) in [5, 5.41) is 2.68. The van der Waals surface area contributed by atoms with E-state index in [0.717, 1.165) is 0 Å². The van der Waals surface area contributed by atoms with Gasteiger partial charge in [0.25, 0.3) is 0 Å². The van der Waals surface area contributed by atoms with E-state index < -0.39 is 5.41 Å². The molecule has 6 nitrogen and oxygen atoms in total. The minimum Gasteiger partial charge on any atom is -0.382 e. The van der Waals surface area contributed by atoms with Crippen LogP contribution < -0.4 is 10.8 Å². The molecular formula is C11H22N2O4. The van der Waals surface area contributed by atoms with Crippen LogP contribution in [0.25, 0.3) is 0 Å². The van der Waals surface area contributed by atoms with E-state index in [4.69, 9.17) is 9.57 Å².